The summed E-state index contributed by atoms with van der Waals surface area (Å²) in [6.45, 7) is 17.7. The number of methoxy groups -OCH3 is 1. The van der Waals surface area contributed by atoms with E-state index < -0.39 is 0 Å². The first kappa shape index (κ1) is 24.2. The minimum Gasteiger partial charge on any atom is -0.385 e. The molecule has 6 nitrogen and oxygen atoms in total. The number of hydrogen-bond donors (Lipinski definition) is 1. The number of hydrogen-bond acceptors (Lipinski definition) is 4. The Kier molecular flexibility index (Phi) is 12.7. The quantitative estimate of drug-likeness (QED) is 0.318. The van der Waals surface area contributed by atoms with E-state index >= 15 is 0 Å². The van der Waals surface area contributed by atoms with Crippen molar-refractivity contribution in [3.63, 3.8) is 0 Å². The second-order valence-electron chi connectivity index (χ2n) is 7.92. The fourth-order valence-corrected chi connectivity index (χ4v) is 3.66. The number of nitrogens with one attached hydrogen (secondary N) is 1. The van der Waals surface area contributed by atoms with Crippen LogP contribution in [0.2, 0.25) is 0 Å². The molecule has 1 fully saturated rings. The Hall–Kier alpha value is -0.850. The summed E-state index contributed by atoms with van der Waals surface area (Å²) in [7, 11) is 1.74. The van der Waals surface area contributed by atoms with Gasteiger partial charge in [-0.1, -0.05) is 0 Å². The van der Waals surface area contributed by atoms with Gasteiger partial charge in [-0.3, -0.25) is 9.89 Å². The highest BCUT2D eigenvalue weighted by atomic mass is 16.5. The summed E-state index contributed by atoms with van der Waals surface area (Å²) in [5.41, 5.74) is 0. The molecule has 6 heteroatoms. The molecule has 0 spiro atoms. The lowest BCUT2D eigenvalue weighted by Gasteiger charge is -2.34. The van der Waals surface area contributed by atoms with Crippen LogP contribution in [0.3, 0.4) is 0 Å². The highest BCUT2D eigenvalue weighted by Gasteiger charge is 2.21. The number of likely N-dealkylation sites (tertiary alicyclic amines) is 1. The summed E-state index contributed by atoms with van der Waals surface area (Å²) in [4.78, 5) is 9.81. The van der Waals surface area contributed by atoms with E-state index in [9.17, 15) is 0 Å². The van der Waals surface area contributed by atoms with Crippen molar-refractivity contribution in [3.8, 4) is 0 Å². The number of piperidine rings is 1. The molecule has 1 aliphatic rings. The first-order valence-corrected chi connectivity index (χ1v) is 10.9. The molecule has 0 amide bonds. The normalized spacial score (nSPS) is 16.8. The predicted molar refractivity (Wildman–Crippen MR) is 115 cm³/mol. The van der Waals surface area contributed by atoms with Gasteiger partial charge < -0.3 is 19.7 Å². The number of rotatable bonds is 12. The molecule has 1 N–H and O–H groups in total. The zero-order valence-electron chi connectivity index (χ0n) is 18.7. The molecule has 0 saturated carbocycles. The van der Waals surface area contributed by atoms with Crippen molar-refractivity contribution in [3.05, 3.63) is 0 Å². The van der Waals surface area contributed by atoms with E-state index in [0.717, 1.165) is 77.6 Å². The van der Waals surface area contributed by atoms with E-state index in [1.165, 1.54) is 0 Å². The average Bonchev–Trinajstić information content (AvgIpc) is 2.64. The minimum absolute atomic E-state index is 0.381. The molecule has 0 bridgehead atoms. The fourth-order valence-electron chi connectivity index (χ4n) is 3.66. The van der Waals surface area contributed by atoms with Gasteiger partial charge in [-0.15, -0.1) is 0 Å². The van der Waals surface area contributed by atoms with E-state index in [4.69, 9.17) is 14.5 Å². The van der Waals surface area contributed by atoms with E-state index in [0.29, 0.717) is 18.2 Å². The largest absolute Gasteiger partial charge is 0.385 e. The predicted octanol–water partition coefficient (Wildman–Crippen LogP) is 2.98. The molecule has 1 saturated heterocycles. The Labute approximate surface area is 167 Å². The highest BCUT2D eigenvalue weighted by Crippen LogP contribution is 2.14. The van der Waals surface area contributed by atoms with Crippen LogP contribution in [0.4, 0.5) is 0 Å². The second kappa shape index (κ2) is 14.2. The van der Waals surface area contributed by atoms with Crippen molar-refractivity contribution < 1.29 is 9.47 Å². The maximum Gasteiger partial charge on any atom is 0.193 e. The number of nitrogens with zero attached hydrogens (tertiary/aromatic N) is 3. The summed E-state index contributed by atoms with van der Waals surface area (Å²) >= 11 is 0. The Morgan fingerprint density at radius 3 is 2.33 bits per heavy atom. The number of aliphatic imine (C=N–C) groups is 1. The van der Waals surface area contributed by atoms with Crippen molar-refractivity contribution in [2.75, 3.05) is 53.0 Å². The van der Waals surface area contributed by atoms with Crippen LogP contribution < -0.4 is 5.32 Å². The molecule has 1 aliphatic heterocycles. The van der Waals surface area contributed by atoms with Gasteiger partial charge in [-0.25, -0.2) is 0 Å². The van der Waals surface area contributed by atoms with Crippen LogP contribution in [-0.2, 0) is 9.47 Å². The van der Waals surface area contributed by atoms with Crippen LogP contribution in [0.1, 0.15) is 60.3 Å². The van der Waals surface area contributed by atoms with Gasteiger partial charge in [0.25, 0.3) is 0 Å². The summed E-state index contributed by atoms with van der Waals surface area (Å²) in [5, 5.41) is 3.47. The lowest BCUT2D eigenvalue weighted by atomic mass is 10.1. The zero-order valence-corrected chi connectivity index (χ0v) is 18.7. The monoisotopic (exact) mass is 384 g/mol. The summed E-state index contributed by atoms with van der Waals surface area (Å²) in [5.74, 6) is 1.07. The van der Waals surface area contributed by atoms with Gasteiger partial charge >= 0.3 is 0 Å². The molecule has 1 heterocycles. The molecule has 0 aliphatic carbocycles. The van der Waals surface area contributed by atoms with Crippen LogP contribution in [0.15, 0.2) is 4.99 Å². The van der Waals surface area contributed by atoms with Gasteiger partial charge in [0, 0.05) is 65.1 Å². The zero-order chi connectivity index (χ0) is 20.1. The van der Waals surface area contributed by atoms with E-state index in [-0.39, 0.29) is 0 Å². The number of guanidine groups is 1. The molecule has 27 heavy (non-hydrogen) atoms. The fraction of sp³-hybridized carbons (Fsp3) is 0.952. The third kappa shape index (κ3) is 9.77. The maximum atomic E-state index is 5.97. The molecule has 0 radical (unpaired) electrons. The van der Waals surface area contributed by atoms with E-state index in [2.05, 4.69) is 49.7 Å². The molecule has 0 aromatic carbocycles. The Balaban J connectivity index is 2.39. The first-order chi connectivity index (χ1) is 13.0. The van der Waals surface area contributed by atoms with Crippen LogP contribution in [0.5, 0.6) is 0 Å². The number of ether oxygens (including phenoxy) is 2. The van der Waals surface area contributed by atoms with Crippen LogP contribution in [0.25, 0.3) is 0 Å². The third-order valence-electron chi connectivity index (χ3n) is 5.09. The molecule has 0 atom stereocenters. The lowest BCUT2D eigenvalue weighted by molar-refractivity contribution is 0.00990. The van der Waals surface area contributed by atoms with Crippen LogP contribution >= 0.6 is 0 Å². The summed E-state index contributed by atoms with van der Waals surface area (Å²) in [6.07, 6.45) is 4.61. The Morgan fingerprint density at radius 1 is 1.11 bits per heavy atom. The highest BCUT2D eigenvalue weighted by molar-refractivity contribution is 5.80. The van der Waals surface area contributed by atoms with Crippen molar-refractivity contribution in [1.29, 1.82) is 0 Å². The van der Waals surface area contributed by atoms with Crippen molar-refractivity contribution in [1.82, 2.24) is 15.1 Å². The Morgan fingerprint density at radius 2 is 1.78 bits per heavy atom. The summed E-state index contributed by atoms with van der Waals surface area (Å²) < 4.78 is 11.0. The summed E-state index contributed by atoms with van der Waals surface area (Å²) in [6, 6.07) is 1.18. The minimum atomic E-state index is 0.381. The first-order valence-electron chi connectivity index (χ1n) is 10.9. The average molecular weight is 385 g/mol. The smallest absolute Gasteiger partial charge is 0.193 e. The molecular formula is C21H44N4O2. The van der Waals surface area contributed by atoms with Gasteiger partial charge in [0.2, 0.25) is 0 Å². The lowest BCUT2D eigenvalue weighted by Crippen LogP contribution is -2.47. The van der Waals surface area contributed by atoms with Crippen molar-refractivity contribution >= 4 is 5.96 Å². The van der Waals surface area contributed by atoms with Crippen LogP contribution in [0, 0.1) is 0 Å². The molecule has 0 aromatic rings. The molecule has 1 rings (SSSR count). The Bertz CT molecular complexity index is 386. The van der Waals surface area contributed by atoms with Gasteiger partial charge in [-0.05, 0) is 60.3 Å². The van der Waals surface area contributed by atoms with Gasteiger partial charge in [0.05, 0.1) is 6.10 Å². The molecule has 160 valence electrons. The second-order valence-corrected chi connectivity index (χ2v) is 7.92. The van der Waals surface area contributed by atoms with Crippen molar-refractivity contribution in [2.45, 2.75) is 78.5 Å². The molecular weight excluding hydrogens is 340 g/mol. The van der Waals surface area contributed by atoms with Gasteiger partial charge in [0.1, 0.15) is 0 Å². The van der Waals surface area contributed by atoms with E-state index in [1.54, 1.807) is 7.11 Å². The maximum absolute atomic E-state index is 5.97. The molecule has 0 aromatic heterocycles. The van der Waals surface area contributed by atoms with Crippen LogP contribution in [-0.4, -0.2) is 87.0 Å². The van der Waals surface area contributed by atoms with Crippen molar-refractivity contribution in [2.24, 2.45) is 4.99 Å². The SMILES string of the molecule is CCNC(=NCCCN(C(C)C)C(C)C)N1CCC(OCCCOC)CC1. The topological polar surface area (TPSA) is 49.3 Å². The van der Waals surface area contributed by atoms with Gasteiger partial charge in [-0.2, -0.15) is 0 Å². The van der Waals surface area contributed by atoms with E-state index in [1.807, 2.05) is 0 Å². The standard InChI is InChI=1S/C21H44N4O2/c1-7-22-21(23-12-8-13-25(18(2)3)19(4)5)24-14-10-20(11-15-24)27-17-9-16-26-6/h18-20H,7-17H2,1-6H3,(H,22,23). The third-order valence-corrected chi connectivity index (χ3v) is 5.09. The van der Waals surface area contributed by atoms with Gasteiger partial charge in [0.15, 0.2) is 5.96 Å². The molecule has 0 unspecified atom stereocenters.